The van der Waals surface area contributed by atoms with Crippen LogP contribution in [0.2, 0.25) is 0 Å². The molecule has 0 saturated carbocycles. The second kappa shape index (κ2) is 14.5. The van der Waals surface area contributed by atoms with Gasteiger partial charge in [-0.05, 0) is 17.9 Å². The summed E-state index contributed by atoms with van der Waals surface area (Å²) < 4.78 is 0. The van der Waals surface area contributed by atoms with Crippen LogP contribution in [0.3, 0.4) is 0 Å². The molecule has 1 aromatic carbocycles. The van der Waals surface area contributed by atoms with Crippen LogP contribution in [0, 0.1) is 5.92 Å². The van der Waals surface area contributed by atoms with E-state index in [1.807, 2.05) is 13.8 Å². The zero-order valence-electron chi connectivity index (χ0n) is 21.2. The van der Waals surface area contributed by atoms with E-state index < -0.39 is 60.2 Å². The zero-order valence-corrected chi connectivity index (χ0v) is 21.2. The van der Waals surface area contributed by atoms with Crippen LogP contribution in [0.4, 0.5) is 0 Å². The molecule has 0 aliphatic rings. The second-order valence-corrected chi connectivity index (χ2v) is 9.33. The minimum atomic E-state index is -1.70. The van der Waals surface area contributed by atoms with Crippen molar-refractivity contribution >= 4 is 29.7 Å². The predicted molar refractivity (Wildman–Crippen MR) is 136 cm³/mol. The molecule has 4 unspecified atom stereocenters. The molecule has 8 N–H and O–H groups in total. The number of carbonyl (C=O) groups is 5. The van der Waals surface area contributed by atoms with Crippen molar-refractivity contribution in [3.8, 4) is 0 Å². The van der Waals surface area contributed by atoms with Crippen molar-refractivity contribution in [3.05, 3.63) is 54.1 Å². The maximum Gasteiger partial charge on any atom is 0.326 e. The summed E-state index contributed by atoms with van der Waals surface area (Å²) in [6.07, 6.45) is 2.44. The lowest BCUT2D eigenvalue weighted by Crippen LogP contribution is -2.58. The van der Waals surface area contributed by atoms with Gasteiger partial charge in [0.2, 0.25) is 17.7 Å². The molecule has 0 spiro atoms. The van der Waals surface area contributed by atoms with E-state index in [0.29, 0.717) is 17.7 Å². The second-order valence-electron chi connectivity index (χ2n) is 9.33. The predicted octanol–water partition coefficient (Wildman–Crippen LogP) is -0.418. The molecule has 1 heterocycles. The number of nitrogens with one attached hydrogen (secondary N) is 4. The summed E-state index contributed by atoms with van der Waals surface area (Å²) in [7, 11) is 0. The van der Waals surface area contributed by atoms with Crippen molar-refractivity contribution in [1.29, 1.82) is 0 Å². The summed E-state index contributed by atoms with van der Waals surface area (Å²) in [4.78, 5) is 68.5. The Kier molecular flexibility index (Phi) is 11.4. The number of aromatic amines is 1. The third kappa shape index (κ3) is 10.0. The van der Waals surface area contributed by atoms with Crippen molar-refractivity contribution < 1.29 is 34.2 Å². The van der Waals surface area contributed by atoms with Crippen LogP contribution in [-0.2, 0) is 36.8 Å². The number of aromatic nitrogens is 2. The molecule has 38 heavy (non-hydrogen) atoms. The average Bonchev–Trinajstić information content (AvgIpc) is 3.35. The first kappa shape index (κ1) is 30.0. The highest BCUT2D eigenvalue weighted by molar-refractivity contribution is 5.94. The van der Waals surface area contributed by atoms with Crippen molar-refractivity contribution in [2.45, 2.75) is 63.7 Å². The summed E-state index contributed by atoms with van der Waals surface area (Å²) >= 11 is 0. The Morgan fingerprint density at radius 2 is 1.47 bits per heavy atom. The summed E-state index contributed by atoms with van der Waals surface area (Å²) in [5, 5.41) is 25.7. The average molecular weight is 531 g/mol. The first-order valence-corrected chi connectivity index (χ1v) is 12.1. The molecule has 1 aromatic heterocycles. The number of carboxylic acids is 2. The van der Waals surface area contributed by atoms with Gasteiger partial charge in [0.05, 0.1) is 18.8 Å². The molecule has 2 aromatic rings. The number of amides is 3. The van der Waals surface area contributed by atoms with Crippen LogP contribution in [-0.4, -0.2) is 74.0 Å². The molecule has 0 aliphatic carbocycles. The Morgan fingerprint density at radius 1 is 0.895 bits per heavy atom. The molecule has 0 aliphatic heterocycles. The Bertz CT molecular complexity index is 1090. The standard InChI is InChI=1S/C25H34N6O7/c1-14(2)8-17(26)22(34)29-19(10-16-12-27-13-28-16)24(36)30-18(9-15-6-4-3-5-7-15)23(35)31-20(25(37)38)11-21(32)33/h3-7,12-14,17-20H,8-11,26H2,1-2H3,(H,27,28)(H,29,34)(H,30,36)(H,31,35)(H,32,33)(H,37,38). The highest BCUT2D eigenvalue weighted by Crippen LogP contribution is 2.08. The number of nitrogens with zero attached hydrogens (tertiary/aromatic N) is 1. The van der Waals surface area contributed by atoms with Gasteiger partial charge in [0.25, 0.3) is 0 Å². The SMILES string of the molecule is CC(C)CC(N)C(=O)NC(Cc1cnc[nH]1)C(=O)NC(Cc1ccccc1)C(=O)NC(CC(=O)O)C(=O)O. The van der Waals surface area contributed by atoms with E-state index in [1.165, 1.54) is 12.5 Å². The Labute approximate surface area is 219 Å². The molecule has 0 bridgehead atoms. The molecule has 0 radical (unpaired) electrons. The molecule has 0 fully saturated rings. The largest absolute Gasteiger partial charge is 0.481 e. The van der Waals surface area contributed by atoms with E-state index in [9.17, 15) is 29.1 Å². The van der Waals surface area contributed by atoms with Gasteiger partial charge in [-0.2, -0.15) is 0 Å². The van der Waals surface area contributed by atoms with Gasteiger partial charge in [0, 0.05) is 24.7 Å². The van der Waals surface area contributed by atoms with Gasteiger partial charge >= 0.3 is 11.9 Å². The molecule has 13 nitrogen and oxygen atoms in total. The molecule has 3 amide bonds. The van der Waals surface area contributed by atoms with Crippen LogP contribution < -0.4 is 21.7 Å². The van der Waals surface area contributed by atoms with E-state index in [1.54, 1.807) is 30.3 Å². The van der Waals surface area contributed by atoms with Gasteiger partial charge in [-0.1, -0.05) is 44.2 Å². The summed E-state index contributed by atoms with van der Waals surface area (Å²) in [6.45, 7) is 3.81. The zero-order chi connectivity index (χ0) is 28.2. The summed E-state index contributed by atoms with van der Waals surface area (Å²) in [5.74, 6) is -4.96. The van der Waals surface area contributed by atoms with Crippen LogP contribution in [0.5, 0.6) is 0 Å². The van der Waals surface area contributed by atoms with Crippen LogP contribution >= 0.6 is 0 Å². The normalized spacial score (nSPS) is 14.1. The molecule has 2 rings (SSSR count). The summed E-state index contributed by atoms with van der Waals surface area (Å²) in [6, 6.07) is 3.68. The Balaban J connectivity index is 2.27. The lowest BCUT2D eigenvalue weighted by atomic mass is 10.0. The fourth-order valence-electron chi connectivity index (χ4n) is 3.70. The van der Waals surface area contributed by atoms with E-state index in [4.69, 9.17) is 10.8 Å². The van der Waals surface area contributed by atoms with Crippen LogP contribution in [0.15, 0.2) is 42.9 Å². The number of aliphatic carboxylic acids is 2. The van der Waals surface area contributed by atoms with E-state index in [-0.39, 0.29) is 18.8 Å². The topological polar surface area (TPSA) is 217 Å². The molecule has 4 atom stereocenters. The van der Waals surface area contributed by atoms with Crippen molar-refractivity contribution in [3.63, 3.8) is 0 Å². The van der Waals surface area contributed by atoms with E-state index >= 15 is 0 Å². The quantitative estimate of drug-likeness (QED) is 0.159. The molecule has 206 valence electrons. The van der Waals surface area contributed by atoms with Crippen molar-refractivity contribution in [2.75, 3.05) is 0 Å². The number of carboxylic acid groups (broad SMARTS) is 2. The Morgan fingerprint density at radius 3 is 2.00 bits per heavy atom. The number of hydrogen-bond acceptors (Lipinski definition) is 7. The molecule has 0 saturated heterocycles. The van der Waals surface area contributed by atoms with Crippen molar-refractivity contribution in [2.24, 2.45) is 11.7 Å². The van der Waals surface area contributed by atoms with Gasteiger partial charge in [-0.3, -0.25) is 19.2 Å². The lowest BCUT2D eigenvalue weighted by molar-refractivity contribution is -0.147. The van der Waals surface area contributed by atoms with E-state index in [0.717, 1.165) is 0 Å². The Hall–Kier alpha value is -4.26. The highest BCUT2D eigenvalue weighted by atomic mass is 16.4. The first-order chi connectivity index (χ1) is 18.0. The third-order valence-corrected chi connectivity index (χ3v) is 5.58. The van der Waals surface area contributed by atoms with Gasteiger partial charge < -0.3 is 36.9 Å². The maximum atomic E-state index is 13.4. The number of carbonyl (C=O) groups excluding carboxylic acids is 3. The minimum absolute atomic E-state index is 0.0163. The highest BCUT2D eigenvalue weighted by Gasteiger charge is 2.31. The van der Waals surface area contributed by atoms with E-state index in [2.05, 4.69) is 25.9 Å². The number of hydrogen-bond donors (Lipinski definition) is 7. The smallest absolute Gasteiger partial charge is 0.326 e. The van der Waals surface area contributed by atoms with Gasteiger partial charge in [-0.15, -0.1) is 0 Å². The van der Waals surface area contributed by atoms with Gasteiger partial charge in [0.1, 0.15) is 18.1 Å². The number of rotatable bonds is 15. The van der Waals surface area contributed by atoms with Gasteiger partial charge in [-0.25, -0.2) is 9.78 Å². The third-order valence-electron chi connectivity index (χ3n) is 5.58. The maximum absolute atomic E-state index is 13.4. The number of H-pyrrole nitrogens is 1. The molecule has 13 heteroatoms. The lowest BCUT2D eigenvalue weighted by Gasteiger charge is -2.25. The number of nitrogens with two attached hydrogens (primary N) is 1. The first-order valence-electron chi connectivity index (χ1n) is 12.1. The van der Waals surface area contributed by atoms with Crippen LogP contribution in [0.25, 0.3) is 0 Å². The number of benzene rings is 1. The summed E-state index contributed by atoms with van der Waals surface area (Å²) in [5.41, 5.74) is 7.18. The fourth-order valence-corrected chi connectivity index (χ4v) is 3.70. The monoisotopic (exact) mass is 530 g/mol. The van der Waals surface area contributed by atoms with Crippen molar-refractivity contribution in [1.82, 2.24) is 25.9 Å². The molecular formula is C25H34N6O7. The fraction of sp³-hybridized carbons (Fsp3) is 0.440. The van der Waals surface area contributed by atoms with Gasteiger partial charge in [0.15, 0.2) is 0 Å². The van der Waals surface area contributed by atoms with Crippen LogP contribution in [0.1, 0.15) is 37.9 Å². The minimum Gasteiger partial charge on any atom is -0.481 e. The number of imidazole rings is 1. The molecular weight excluding hydrogens is 496 g/mol.